The number of benzene rings is 4. The lowest BCUT2D eigenvalue weighted by Gasteiger charge is -2.33. The van der Waals surface area contributed by atoms with Crippen molar-refractivity contribution in [2.75, 3.05) is 13.7 Å². The molecule has 0 radical (unpaired) electrons. The quantitative estimate of drug-likeness (QED) is 0.289. The van der Waals surface area contributed by atoms with Gasteiger partial charge in [0.15, 0.2) is 0 Å². The number of fused-ring (bicyclic) bond motifs is 2. The van der Waals surface area contributed by atoms with Gasteiger partial charge in [-0.1, -0.05) is 72.8 Å². The van der Waals surface area contributed by atoms with Crippen molar-refractivity contribution in [1.82, 2.24) is 5.32 Å². The van der Waals surface area contributed by atoms with Gasteiger partial charge in [0, 0.05) is 24.1 Å². The number of rotatable bonds is 6. The van der Waals surface area contributed by atoms with Gasteiger partial charge in [-0.05, 0) is 59.9 Å². The van der Waals surface area contributed by atoms with Gasteiger partial charge in [0.1, 0.15) is 11.9 Å². The Bertz CT molecular complexity index is 1360. The zero-order valence-corrected chi connectivity index (χ0v) is 21.7. The molecular formula is C31H32ClNO3. The summed E-state index contributed by atoms with van der Waals surface area (Å²) in [6, 6.07) is 29.5. The summed E-state index contributed by atoms with van der Waals surface area (Å²) < 4.78 is 11.4. The standard InChI is InChI=1S/C31H31NO3.ClH/c1-20-15-16-23(17-28(20)31(33)34-3)29-18-24(35-30-14-7-6-12-27(29)30)19-32-21(2)25-13-8-10-22-9-4-5-11-26(22)25;/h4-17,21,24,29,32H,18-19H2,1-3H3;1H/t21-,24-,29+;/m1./s1. The molecule has 4 aromatic carbocycles. The second-order valence-corrected chi connectivity index (χ2v) is 9.33. The zero-order valence-electron chi connectivity index (χ0n) is 20.9. The van der Waals surface area contributed by atoms with Crippen LogP contribution in [0.25, 0.3) is 10.8 Å². The predicted octanol–water partition coefficient (Wildman–Crippen LogP) is 6.99. The average molecular weight is 502 g/mol. The number of halogens is 1. The van der Waals surface area contributed by atoms with Gasteiger partial charge in [0.25, 0.3) is 0 Å². The third kappa shape index (κ3) is 5.11. The Hall–Kier alpha value is -3.34. The number of hydrogen-bond acceptors (Lipinski definition) is 4. The summed E-state index contributed by atoms with van der Waals surface area (Å²) in [6.07, 6.45) is 0.839. The maximum absolute atomic E-state index is 12.3. The third-order valence-corrected chi connectivity index (χ3v) is 7.10. The van der Waals surface area contributed by atoms with Crippen molar-refractivity contribution in [3.63, 3.8) is 0 Å². The molecule has 1 aliphatic rings. The van der Waals surface area contributed by atoms with Gasteiger partial charge < -0.3 is 14.8 Å². The number of hydrogen-bond donors (Lipinski definition) is 1. The van der Waals surface area contributed by atoms with Crippen molar-refractivity contribution in [1.29, 1.82) is 0 Å². The second-order valence-electron chi connectivity index (χ2n) is 9.33. The largest absolute Gasteiger partial charge is 0.489 e. The molecule has 0 aromatic heterocycles. The van der Waals surface area contributed by atoms with Crippen LogP contribution in [0.1, 0.15) is 57.9 Å². The highest BCUT2D eigenvalue weighted by atomic mass is 35.5. The summed E-state index contributed by atoms with van der Waals surface area (Å²) >= 11 is 0. The Morgan fingerprint density at radius 3 is 2.61 bits per heavy atom. The topological polar surface area (TPSA) is 47.6 Å². The van der Waals surface area contributed by atoms with Crippen molar-refractivity contribution >= 4 is 29.1 Å². The molecule has 3 atom stereocenters. The van der Waals surface area contributed by atoms with E-state index in [1.807, 2.05) is 37.3 Å². The lowest BCUT2D eigenvalue weighted by Crippen LogP contribution is -2.37. The lowest BCUT2D eigenvalue weighted by atomic mass is 9.83. The molecule has 1 aliphatic heterocycles. The lowest BCUT2D eigenvalue weighted by molar-refractivity contribution is 0.0599. The van der Waals surface area contributed by atoms with E-state index in [2.05, 4.69) is 66.8 Å². The summed E-state index contributed by atoms with van der Waals surface area (Å²) in [5.74, 6) is 0.754. The van der Waals surface area contributed by atoms with Crippen LogP contribution < -0.4 is 10.1 Å². The van der Waals surface area contributed by atoms with E-state index < -0.39 is 0 Å². The highest BCUT2D eigenvalue weighted by Crippen LogP contribution is 2.41. The monoisotopic (exact) mass is 501 g/mol. The summed E-state index contributed by atoms with van der Waals surface area (Å²) in [6.45, 7) is 4.87. The number of ether oxygens (including phenoxy) is 2. The van der Waals surface area contributed by atoms with Gasteiger partial charge in [-0.3, -0.25) is 0 Å². The first-order chi connectivity index (χ1) is 17.0. The highest BCUT2D eigenvalue weighted by Gasteiger charge is 2.30. The van der Waals surface area contributed by atoms with E-state index in [9.17, 15) is 4.79 Å². The number of aryl methyl sites for hydroxylation is 1. The van der Waals surface area contributed by atoms with E-state index in [4.69, 9.17) is 9.47 Å². The minimum absolute atomic E-state index is 0. The molecule has 186 valence electrons. The van der Waals surface area contributed by atoms with Crippen LogP contribution in [0.2, 0.25) is 0 Å². The first kappa shape index (κ1) is 25.7. The molecule has 0 unspecified atom stereocenters. The number of carbonyl (C=O) groups excluding carboxylic acids is 1. The summed E-state index contributed by atoms with van der Waals surface area (Å²) in [5, 5.41) is 6.24. The van der Waals surface area contributed by atoms with Gasteiger partial charge in [0.2, 0.25) is 0 Å². The summed E-state index contributed by atoms with van der Waals surface area (Å²) in [7, 11) is 1.43. The molecule has 0 aliphatic carbocycles. The summed E-state index contributed by atoms with van der Waals surface area (Å²) in [4.78, 5) is 12.3. The maximum atomic E-state index is 12.3. The minimum Gasteiger partial charge on any atom is -0.489 e. The molecular weight excluding hydrogens is 470 g/mol. The first-order valence-electron chi connectivity index (χ1n) is 12.2. The van der Waals surface area contributed by atoms with Crippen LogP contribution in [-0.4, -0.2) is 25.7 Å². The molecule has 5 rings (SSSR count). The highest BCUT2D eigenvalue weighted by molar-refractivity contribution is 5.91. The molecule has 4 aromatic rings. The minimum atomic E-state index is -0.299. The summed E-state index contributed by atoms with van der Waals surface area (Å²) in [5.41, 5.74) is 5.10. The van der Waals surface area contributed by atoms with Crippen molar-refractivity contribution in [3.8, 4) is 5.75 Å². The molecule has 4 nitrogen and oxygen atoms in total. The van der Waals surface area contributed by atoms with Crippen molar-refractivity contribution in [3.05, 3.63) is 113 Å². The zero-order chi connectivity index (χ0) is 24.4. The normalized spacial score (nSPS) is 17.4. The van der Waals surface area contributed by atoms with Crippen LogP contribution in [0, 0.1) is 6.92 Å². The van der Waals surface area contributed by atoms with Crippen LogP contribution in [-0.2, 0) is 4.74 Å². The van der Waals surface area contributed by atoms with Crippen molar-refractivity contribution < 1.29 is 14.3 Å². The fourth-order valence-electron chi connectivity index (χ4n) is 5.17. The van der Waals surface area contributed by atoms with Crippen molar-refractivity contribution in [2.24, 2.45) is 0 Å². The molecule has 0 spiro atoms. The fraction of sp³-hybridized carbons (Fsp3) is 0.258. The molecule has 0 fully saturated rings. The van der Waals surface area contributed by atoms with E-state index in [1.54, 1.807) is 0 Å². The van der Waals surface area contributed by atoms with Crippen LogP contribution in [0.4, 0.5) is 0 Å². The molecule has 1 N–H and O–H groups in total. The molecule has 0 saturated carbocycles. The molecule has 0 amide bonds. The van der Waals surface area contributed by atoms with E-state index in [-0.39, 0.29) is 36.4 Å². The third-order valence-electron chi connectivity index (χ3n) is 7.10. The molecule has 0 saturated heterocycles. The number of methoxy groups -OCH3 is 1. The van der Waals surface area contributed by atoms with Crippen LogP contribution in [0.5, 0.6) is 5.75 Å². The predicted molar refractivity (Wildman–Crippen MR) is 147 cm³/mol. The average Bonchev–Trinajstić information content (AvgIpc) is 2.90. The SMILES string of the molecule is COC(=O)c1cc([C@@H]2C[C@H](CN[C@H](C)c3cccc4ccccc34)Oc3ccccc32)ccc1C.Cl. The van der Waals surface area contributed by atoms with E-state index in [1.165, 1.54) is 23.4 Å². The fourth-order valence-corrected chi connectivity index (χ4v) is 5.17. The van der Waals surface area contributed by atoms with Gasteiger partial charge in [-0.15, -0.1) is 12.4 Å². The Morgan fingerprint density at radius 2 is 1.78 bits per heavy atom. The number of esters is 1. The smallest absolute Gasteiger partial charge is 0.338 e. The van der Waals surface area contributed by atoms with E-state index in [0.29, 0.717) is 5.56 Å². The van der Waals surface area contributed by atoms with Gasteiger partial charge in [0.05, 0.1) is 12.7 Å². The van der Waals surface area contributed by atoms with Crippen LogP contribution in [0.3, 0.4) is 0 Å². The number of para-hydroxylation sites is 1. The Kier molecular flexibility index (Phi) is 7.97. The first-order valence-corrected chi connectivity index (χ1v) is 12.2. The Balaban J connectivity index is 0.00000304. The van der Waals surface area contributed by atoms with Gasteiger partial charge in [-0.2, -0.15) is 0 Å². The second kappa shape index (κ2) is 11.2. The maximum Gasteiger partial charge on any atom is 0.338 e. The van der Waals surface area contributed by atoms with Gasteiger partial charge >= 0.3 is 5.97 Å². The molecule has 5 heteroatoms. The Labute approximate surface area is 219 Å². The number of carbonyl (C=O) groups is 1. The van der Waals surface area contributed by atoms with Gasteiger partial charge in [-0.25, -0.2) is 4.79 Å². The van der Waals surface area contributed by atoms with Crippen LogP contribution in [0.15, 0.2) is 84.9 Å². The van der Waals surface area contributed by atoms with E-state index >= 15 is 0 Å². The molecule has 1 heterocycles. The van der Waals surface area contributed by atoms with Crippen LogP contribution >= 0.6 is 12.4 Å². The van der Waals surface area contributed by atoms with E-state index in [0.717, 1.165) is 35.4 Å². The number of nitrogens with one attached hydrogen (secondary N) is 1. The Morgan fingerprint density at radius 1 is 1.03 bits per heavy atom. The molecule has 36 heavy (non-hydrogen) atoms. The molecule has 0 bridgehead atoms. The van der Waals surface area contributed by atoms with Crippen molar-refractivity contribution in [2.45, 2.75) is 38.3 Å².